The molecule has 1 atom stereocenters. The van der Waals surface area contributed by atoms with Crippen molar-refractivity contribution in [3.63, 3.8) is 0 Å². The van der Waals surface area contributed by atoms with Crippen LogP contribution >= 0.6 is 0 Å². The maximum absolute atomic E-state index is 14.5. The van der Waals surface area contributed by atoms with E-state index in [-0.39, 0.29) is 19.5 Å². The van der Waals surface area contributed by atoms with Crippen molar-refractivity contribution in [1.82, 2.24) is 4.13 Å². The molecule has 0 amide bonds. The van der Waals surface area contributed by atoms with Crippen LogP contribution in [0.15, 0.2) is 67.2 Å². The predicted octanol–water partition coefficient (Wildman–Crippen LogP) is 4.18. The molecule has 3 aromatic rings. The van der Waals surface area contributed by atoms with Crippen molar-refractivity contribution in [3.05, 3.63) is 83.9 Å². The Labute approximate surface area is 252 Å². The van der Waals surface area contributed by atoms with E-state index in [0.717, 1.165) is 34.0 Å². The summed E-state index contributed by atoms with van der Waals surface area (Å²) in [5.74, 6) is -1.33. The van der Waals surface area contributed by atoms with E-state index in [9.17, 15) is 42.8 Å². The number of fused-ring (bicyclic) bond motifs is 1. The zero-order valence-corrected chi connectivity index (χ0v) is 25.6. The number of aliphatic hydroxyl groups is 1. The molecule has 0 heterocycles. The minimum absolute atomic E-state index is 0.0142. The van der Waals surface area contributed by atoms with Gasteiger partial charge in [0.05, 0.1) is 12.9 Å². The Morgan fingerprint density at radius 2 is 1.45 bits per heavy atom. The molecular formula is C27H29F4NO9S3. The van der Waals surface area contributed by atoms with Gasteiger partial charge in [0.15, 0.2) is 0 Å². The van der Waals surface area contributed by atoms with Gasteiger partial charge < -0.3 is 14.0 Å². The second-order valence-electron chi connectivity index (χ2n) is 9.63. The lowest BCUT2D eigenvalue weighted by atomic mass is 9.90. The summed E-state index contributed by atoms with van der Waals surface area (Å²) in [5, 5.41) is -2.05. The van der Waals surface area contributed by atoms with Crippen LogP contribution in [-0.4, -0.2) is 66.9 Å². The number of alkyl halides is 4. The molecule has 0 aromatic heterocycles. The van der Waals surface area contributed by atoms with Crippen LogP contribution < -0.4 is 8.31 Å². The first-order chi connectivity index (χ1) is 20.3. The number of ether oxygens (including phenoxy) is 1. The normalized spacial score (nSPS) is 14.0. The van der Waals surface area contributed by atoms with E-state index < -0.39 is 52.3 Å². The summed E-state index contributed by atoms with van der Waals surface area (Å²) >= 11 is 0. The zero-order chi connectivity index (χ0) is 33.0. The van der Waals surface area contributed by atoms with E-state index in [1.165, 1.54) is 12.1 Å². The average Bonchev–Trinajstić information content (AvgIpc) is 2.93. The van der Waals surface area contributed by atoms with E-state index in [0.29, 0.717) is 29.1 Å². The van der Waals surface area contributed by atoms with Gasteiger partial charge in [-0.25, -0.2) is 16.8 Å². The van der Waals surface area contributed by atoms with Gasteiger partial charge in [-0.1, -0.05) is 55.1 Å². The van der Waals surface area contributed by atoms with E-state index >= 15 is 0 Å². The van der Waals surface area contributed by atoms with Crippen LogP contribution in [0, 0.1) is 0 Å². The van der Waals surface area contributed by atoms with E-state index in [1.807, 2.05) is 36.4 Å². The van der Waals surface area contributed by atoms with Crippen LogP contribution in [0.3, 0.4) is 0 Å². The Morgan fingerprint density at radius 3 is 2.05 bits per heavy atom. The maximum atomic E-state index is 14.5. The van der Waals surface area contributed by atoms with E-state index in [4.69, 9.17) is 9.84 Å². The first-order valence-electron chi connectivity index (χ1n) is 12.7. The summed E-state index contributed by atoms with van der Waals surface area (Å²) in [6, 6.07) is 15.7. The molecule has 0 saturated heterocycles. The molecule has 0 aliphatic heterocycles. The molecule has 10 nitrogen and oxygen atoms in total. The Kier molecular flexibility index (Phi) is 10.9. The summed E-state index contributed by atoms with van der Waals surface area (Å²) in [6.07, 6.45) is 2.88. The summed E-state index contributed by atoms with van der Waals surface area (Å²) in [4.78, 5) is 0. The number of rotatable bonds is 16. The quantitative estimate of drug-likeness (QED) is 0.129. The fourth-order valence-corrected chi connectivity index (χ4v) is 7.74. The first kappa shape index (κ1) is 35.4. The van der Waals surface area contributed by atoms with Crippen LogP contribution in [0.5, 0.6) is 5.75 Å². The fourth-order valence-electron chi connectivity index (χ4n) is 4.02. The topological polar surface area (TPSA) is 153 Å². The molecule has 0 bridgehead atoms. The molecule has 0 spiro atoms. The number of benzene rings is 3. The summed E-state index contributed by atoms with van der Waals surface area (Å²) < 4.78 is 138. The van der Waals surface area contributed by atoms with Gasteiger partial charge in [0.1, 0.15) is 5.75 Å². The number of hydrogen-bond acceptors (Lipinski definition) is 9. The van der Waals surface area contributed by atoms with Gasteiger partial charge >= 0.3 is 20.6 Å². The van der Waals surface area contributed by atoms with Gasteiger partial charge in [-0.3, -0.25) is 0 Å². The number of nitrogens with one attached hydrogen (secondary N) is 1. The smallest absolute Gasteiger partial charge is 0.396 e. The standard InChI is InChI=1S/C27H29F4NO9S3/c1-3-19-6-7-22-17-23(9-8-21(22)16-19)25(18-40-15-5-4-14-33)20-10-12-24(13-11-20)41-44(38,39)27(30,31)26(28,29)43(36,37)32-42(2,34)35/h3,6-13,16-17,25,32-33H,1,4-5,14-15,18H2,2H3. The summed E-state index contributed by atoms with van der Waals surface area (Å²) in [7, 11) is -18.4. The number of unbranched alkanes of at least 4 members (excludes halogenated alkanes) is 1. The minimum atomic E-state index is -6.75. The molecule has 0 aliphatic carbocycles. The van der Waals surface area contributed by atoms with Gasteiger partial charge in [0, 0.05) is 19.1 Å². The highest BCUT2D eigenvalue weighted by Crippen LogP contribution is 2.43. The van der Waals surface area contributed by atoms with Crippen LogP contribution in [0.25, 0.3) is 16.8 Å². The van der Waals surface area contributed by atoms with Crippen molar-refractivity contribution in [3.8, 4) is 5.75 Å². The van der Waals surface area contributed by atoms with Crippen LogP contribution in [-0.2, 0) is 34.9 Å². The monoisotopic (exact) mass is 683 g/mol. The van der Waals surface area contributed by atoms with Crippen molar-refractivity contribution in [1.29, 1.82) is 0 Å². The summed E-state index contributed by atoms with van der Waals surface area (Å²) in [6.45, 7) is 4.16. The van der Waals surface area contributed by atoms with Crippen molar-refractivity contribution in [2.45, 2.75) is 29.3 Å². The van der Waals surface area contributed by atoms with Gasteiger partial charge in [0.25, 0.3) is 10.0 Å². The van der Waals surface area contributed by atoms with Crippen LogP contribution in [0.2, 0.25) is 0 Å². The van der Waals surface area contributed by atoms with Gasteiger partial charge in [-0.2, -0.15) is 26.0 Å². The molecule has 1 unspecified atom stereocenters. The third-order valence-corrected chi connectivity index (χ3v) is 10.7. The predicted molar refractivity (Wildman–Crippen MR) is 156 cm³/mol. The Morgan fingerprint density at radius 1 is 0.864 bits per heavy atom. The lowest BCUT2D eigenvalue weighted by Gasteiger charge is -2.25. The number of sulfonamides is 2. The number of aliphatic hydroxyl groups excluding tert-OH is 1. The lowest BCUT2D eigenvalue weighted by Crippen LogP contribution is -2.57. The molecule has 0 radical (unpaired) electrons. The van der Waals surface area contributed by atoms with Crippen LogP contribution in [0.4, 0.5) is 17.6 Å². The van der Waals surface area contributed by atoms with Gasteiger partial charge in [-0.15, -0.1) is 4.13 Å². The van der Waals surface area contributed by atoms with Crippen LogP contribution in [0.1, 0.15) is 35.4 Å². The third kappa shape index (κ3) is 7.94. The molecule has 0 fully saturated rings. The van der Waals surface area contributed by atoms with Gasteiger partial charge in [0.2, 0.25) is 10.0 Å². The first-order valence-corrected chi connectivity index (χ1v) is 17.5. The largest absolute Gasteiger partial charge is 0.459 e. The highest BCUT2D eigenvalue weighted by atomic mass is 32.3. The molecule has 3 rings (SSSR count). The van der Waals surface area contributed by atoms with Crippen molar-refractivity contribution >= 4 is 47.0 Å². The SMILES string of the molecule is C=Cc1ccc2cc(C(COCCCCO)c3ccc(OS(=O)(=O)C(F)(F)C(F)(F)S(=O)(=O)NS(C)(=O)=O)cc3)ccc2c1. The Hall–Kier alpha value is -3.09. The second-order valence-corrected chi connectivity index (χ2v) is 14.9. The van der Waals surface area contributed by atoms with Crippen molar-refractivity contribution < 1.29 is 56.8 Å². The average molecular weight is 684 g/mol. The molecule has 0 aliphatic rings. The summed E-state index contributed by atoms with van der Waals surface area (Å²) in [5.41, 5.74) is 2.17. The highest BCUT2D eigenvalue weighted by Gasteiger charge is 2.75. The number of hydrogen-bond donors (Lipinski definition) is 2. The van der Waals surface area contributed by atoms with Crippen molar-refractivity contribution in [2.24, 2.45) is 0 Å². The highest BCUT2D eigenvalue weighted by molar-refractivity contribution is 8.05. The molecule has 242 valence electrons. The lowest BCUT2D eigenvalue weighted by molar-refractivity contribution is -0.101. The molecule has 2 N–H and O–H groups in total. The number of halogens is 4. The minimum Gasteiger partial charge on any atom is -0.396 e. The van der Waals surface area contributed by atoms with Crippen molar-refractivity contribution in [2.75, 3.05) is 26.1 Å². The Balaban J connectivity index is 1.91. The van der Waals surface area contributed by atoms with E-state index in [2.05, 4.69) is 10.8 Å². The molecule has 44 heavy (non-hydrogen) atoms. The fraction of sp³-hybridized carbons (Fsp3) is 0.333. The Bertz CT molecular complexity index is 1810. The zero-order valence-electron chi connectivity index (χ0n) is 23.1. The van der Waals surface area contributed by atoms with E-state index in [1.54, 1.807) is 6.08 Å². The molecule has 3 aromatic carbocycles. The third-order valence-electron chi connectivity index (χ3n) is 6.25. The maximum Gasteiger partial charge on any atom is 0.459 e. The van der Waals surface area contributed by atoms with Gasteiger partial charge in [-0.05, 0) is 58.5 Å². The second kappa shape index (κ2) is 13.5. The molecule has 17 heteroatoms. The molecule has 0 saturated carbocycles. The molecular weight excluding hydrogens is 654 g/mol.